The number of pyridine rings is 1. The first-order chi connectivity index (χ1) is 23.4. The van der Waals surface area contributed by atoms with Crippen molar-refractivity contribution in [1.29, 1.82) is 0 Å². The molecule has 248 valence electrons. The molecule has 1 aliphatic carbocycles. The van der Waals surface area contributed by atoms with Crippen LogP contribution < -0.4 is 0 Å². The van der Waals surface area contributed by atoms with Gasteiger partial charge in [0.15, 0.2) is 0 Å². The Kier molecular flexibility index (Phi) is 8.51. The molecule has 9 heteroatoms. The van der Waals surface area contributed by atoms with Crippen molar-refractivity contribution in [2.24, 2.45) is 0 Å². The van der Waals surface area contributed by atoms with E-state index < -0.39 is 5.97 Å². The number of carbonyl (C=O) groups excluding carboxylic acids is 1. The summed E-state index contributed by atoms with van der Waals surface area (Å²) in [7, 11) is 0. The van der Waals surface area contributed by atoms with Gasteiger partial charge in [-0.2, -0.15) is 0 Å². The number of carboxylic acids is 1. The van der Waals surface area contributed by atoms with Crippen LogP contribution in [0.4, 0.5) is 4.39 Å². The molecule has 2 aliphatic heterocycles. The number of fused-ring (bicyclic) bond motifs is 2. The highest BCUT2D eigenvalue weighted by Crippen LogP contribution is 2.47. The van der Waals surface area contributed by atoms with Crippen molar-refractivity contribution in [2.45, 2.75) is 76.3 Å². The van der Waals surface area contributed by atoms with Gasteiger partial charge in [0.1, 0.15) is 17.2 Å². The summed E-state index contributed by atoms with van der Waals surface area (Å²) in [4.78, 5) is 36.1. The zero-order valence-corrected chi connectivity index (χ0v) is 28.0. The third-order valence-corrected chi connectivity index (χ3v) is 12.0. The number of aromatic nitrogens is 2. The molecule has 1 saturated carbocycles. The molecule has 3 fully saturated rings. The molecule has 0 spiro atoms. The van der Waals surface area contributed by atoms with Gasteiger partial charge in [-0.1, -0.05) is 43.5 Å². The van der Waals surface area contributed by atoms with Gasteiger partial charge in [-0.25, -0.2) is 14.2 Å². The van der Waals surface area contributed by atoms with E-state index in [9.17, 15) is 19.1 Å². The number of carboxylic acid groups (broad SMARTS) is 1. The third-order valence-electron chi connectivity index (χ3n) is 10.8. The molecule has 3 aliphatic rings. The van der Waals surface area contributed by atoms with E-state index in [0.717, 1.165) is 89.6 Å². The topological polar surface area (TPSA) is 78.7 Å². The molecular formula is C39H41FN4O3S. The number of thiophene rings is 1. The second-order valence-electron chi connectivity index (χ2n) is 13.8. The van der Waals surface area contributed by atoms with Gasteiger partial charge in [0, 0.05) is 30.1 Å². The number of amides is 1. The van der Waals surface area contributed by atoms with Crippen LogP contribution in [0.1, 0.15) is 78.9 Å². The highest BCUT2D eigenvalue weighted by Gasteiger charge is 2.32. The lowest BCUT2D eigenvalue weighted by Gasteiger charge is -2.36. The highest BCUT2D eigenvalue weighted by atomic mass is 32.1. The van der Waals surface area contributed by atoms with Crippen molar-refractivity contribution >= 4 is 44.3 Å². The van der Waals surface area contributed by atoms with E-state index in [0.29, 0.717) is 22.5 Å². The first-order valence-corrected chi connectivity index (χ1v) is 18.3. The van der Waals surface area contributed by atoms with Gasteiger partial charge in [-0.3, -0.25) is 4.79 Å². The second-order valence-corrected chi connectivity index (χ2v) is 14.8. The molecule has 2 aromatic carbocycles. The van der Waals surface area contributed by atoms with E-state index in [2.05, 4.69) is 21.6 Å². The molecule has 1 amide bonds. The van der Waals surface area contributed by atoms with E-state index in [1.807, 2.05) is 29.2 Å². The van der Waals surface area contributed by atoms with Crippen LogP contribution in [0.5, 0.6) is 0 Å². The van der Waals surface area contributed by atoms with Crippen LogP contribution in [0, 0.1) is 5.82 Å². The quantitative estimate of drug-likeness (QED) is 0.189. The van der Waals surface area contributed by atoms with Crippen LogP contribution in [-0.4, -0.2) is 68.6 Å². The smallest absolute Gasteiger partial charge is 0.345 e. The van der Waals surface area contributed by atoms with E-state index in [1.54, 1.807) is 12.1 Å². The number of nitrogens with zero attached hydrogens (tertiary/aromatic N) is 4. The largest absolute Gasteiger partial charge is 0.477 e. The van der Waals surface area contributed by atoms with E-state index >= 15 is 0 Å². The number of hydrogen-bond acceptors (Lipinski definition) is 5. The molecule has 5 heterocycles. The van der Waals surface area contributed by atoms with Crippen LogP contribution in [0.2, 0.25) is 0 Å². The number of hydrogen-bond donors (Lipinski definition) is 1. The molecule has 5 aromatic rings. The Morgan fingerprint density at radius 2 is 1.65 bits per heavy atom. The third kappa shape index (κ3) is 5.92. The lowest BCUT2D eigenvalue weighted by atomic mass is 9.83. The summed E-state index contributed by atoms with van der Waals surface area (Å²) in [5, 5.41) is 11.0. The van der Waals surface area contributed by atoms with E-state index in [-0.39, 0.29) is 18.3 Å². The molecule has 8 rings (SSSR count). The Hall–Kier alpha value is -4.08. The fourth-order valence-corrected chi connectivity index (χ4v) is 9.53. The number of likely N-dealkylation sites (tertiary alicyclic amines) is 2. The van der Waals surface area contributed by atoms with Gasteiger partial charge in [0.05, 0.1) is 27.1 Å². The molecule has 0 unspecified atom stereocenters. The van der Waals surface area contributed by atoms with Gasteiger partial charge < -0.3 is 19.5 Å². The molecule has 2 saturated heterocycles. The van der Waals surface area contributed by atoms with Crippen molar-refractivity contribution in [3.8, 4) is 22.5 Å². The number of carbonyl (C=O) groups is 2. The van der Waals surface area contributed by atoms with E-state index in [4.69, 9.17) is 4.98 Å². The maximum absolute atomic E-state index is 14.1. The number of halogens is 1. The maximum atomic E-state index is 14.1. The number of rotatable bonds is 7. The van der Waals surface area contributed by atoms with Crippen LogP contribution >= 0.6 is 11.3 Å². The normalized spacial score (nSPS) is 18.3. The van der Waals surface area contributed by atoms with Crippen LogP contribution in [0.3, 0.4) is 0 Å². The SMILES string of the molecule is O=C(O)c1cc2c(s1)c(C1CCCCC1)c(-c1ccc3nc(-c4cccc(F)c4)ccc3c1)n2CC(=O)N1CCC(N2CCCC2)CC1. The average molecular weight is 665 g/mol. The molecule has 0 atom stereocenters. The summed E-state index contributed by atoms with van der Waals surface area (Å²) in [6.45, 7) is 4.04. The Morgan fingerprint density at radius 3 is 2.40 bits per heavy atom. The molecule has 1 N–H and O–H groups in total. The van der Waals surface area contributed by atoms with Crippen LogP contribution in [0.25, 0.3) is 43.6 Å². The molecular weight excluding hydrogens is 624 g/mol. The van der Waals surface area contributed by atoms with Crippen molar-refractivity contribution in [2.75, 3.05) is 26.2 Å². The average Bonchev–Trinajstić information content (AvgIpc) is 3.86. The Bertz CT molecular complexity index is 2000. The summed E-state index contributed by atoms with van der Waals surface area (Å²) in [5.74, 6) is -0.834. The van der Waals surface area contributed by atoms with Crippen LogP contribution in [-0.2, 0) is 11.3 Å². The molecule has 48 heavy (non-hydrogen) atoms. The lowest BCUT2D eigenvalue weighted by Crippen LogP contribution is -2.46. The van der Waals surface area contributed by atoms with E-state index in [1.165, 1.54) is 61.4 Å². The Labute approximate surface area is 284 Å². The summed E-state index contributed by atoms with van der Waals surface area (Å²) in [6.07, 6.45) is 10.1. The number of aromatic carboxylic acids is 1. The maximum Gasteiger partial charge on any atom is 0.345 e. The summed E-state index contributed by atoms with van der Waals surface area (Å²) in [5.41, 5.74) is 6.30. The van der Waals surface area contributed by atoms with Crippen molar-refractivity contribution in [3.63, 3.8) is 0 Å². The highest BCUT2D eigenvalue weighted by molar-refractivity contribution is 7.21. The van der Waals surface area contributed by atoms with Crippen molar-refractivity contribution < 1.29 is 19.1 Å². The monoisotopic (exact) mass is 664 g/mol. The lowest BCUT2D eigenvalue weighted by molar-refractivity contribution is -0.133. The molecule has 3 aromatic heterocycles. The summed E-state index contributed by atoms with van der Waals surface area (Å²) < 4.78 is 17.1. The minimum atomic E-state index is -0.930. The predicted octanol–water partition coefficient (Wildman–Crippen LogP) is 8.56. The summed E-state index contributed by atoms with van der Waals surface area (Å²) in [6, 6.07) is 19.0. The van der Waals surface area contributed by atoms with Crippen LogP contribution in [0.15, 0.2) is 60.7 Å². The second kappa shape index (κ2) is 13.1. The van der Waals surface area contributed by atoms with Gasteiger partial charge in [-0.15, -0.1) is 11.3 Å². The van der Waals surface area contributed by atoms with Gasteiger partial charge >= 0.3 is 5.97 Å². The van der Waals surface area contributed by atoms with Gasteiger partial charge in [0.2, 0.25) is 5.91 Å². The molecule has 7 nitrogen and oxygen atoms in total. The number of benzene rings is 2. The summed E-state index contributed by atoms with van der Waals surface area (Å²) >= 11 is 1.34. The van der Waals surface area contributed by atoms with Gasteiger partial charge in [0.25, 0.3) is 0 Å². The minimum Gasteiger partial charge on any atom is -0.477 e. The zero-order chi connectivity index (χ0) is 32.8. The minimum absolute atomic E-state index is 0.0912. The first kappa shape index (κ1) is 31.2. The fourth-order valence-electron chi connectivity index (χ4n) is 8.40. The first-order valence-electron chi connectivity index (χ1n) is 17.5. The fraction of sp³-hybridized carbons (Fsp3) is 0.410. The van der Waals surface area contributed by atoms with Crippen molar-refractivity contribution in [3.05, 3.63) is 76.9 Å². The molecule has 0 radical (unpaired) electrons. The zero-order valence-electron chi connectivity index (χ0n) is 27.2. The predicted molar refractivity (Wildman–Crippen MR) is 189 cm³/mol. The standard InChI is InChI=1S/C39H41FN4O3S/c40-29-10-6-9-26(22-29)31-13-11-27-21-28(12-14-32(27)41-31)37-36(25-7-2-1-3-8-25)38-33(23-34(48-38)39(46)47)44(37)24-35(45)43-19-15-30(16-20-43)42-17-4-5-18-42/h6,9-14,21-23,25,30H,1-5,7-8,15-20,24H2,(H,46,47). The van der Waals surface area contributed by atoms with Crippen molar-refractivity contribution in [1.82, 2.24) is 19.4 Å². The molecule has 0 bridgehead atoms. The van der Waals surface area contributed by atoms with Gasteiger partial charge in [-0.05, 0) is 105 Å². The Balaban J connectivity index is 1.20. The number of piperidine rings is 1. The Morgan fingerprint density at radius 1 is 0.854 bits per heavy atom.